The molecule has 4 atom stereocenters. The molecule has 2 aromatic rings. The van der Waals surface area contributed by atoms with E-state index in [0.717, 1.165) is 0 Å². The zero-order valence-corrected chi connectivity index (χ0v) is 17.2. The number of amides is 3. The smallest absolute Gasteiger partial charge is 0.326 e. The maximum atomic E-state index is 12.5. The number of nitrogens with zero attached hydrogens (tertiary/aromatic N) is 2. The van der Waals surface area contributed by atoms with Gasteiger partial charge in [-0.05, 0) is 6.92 Å². The number of hydrogen-bond acceptors (Lipinski definition) is 8. The first-order chi connectivity index (χ1) is 15.2. The van der Waals surface area contributed by atoms with Crippen LogP contribution in [-0.4, -0.2) is 84.6 Å². The predicted molar refractivity (Wildman–Crippen MR) is 109 cm³/mol. The van der Waals surface area contributed by atoms with Crippen molar-refractivity contribution in [1.29, 1.82) is 0 Å². The Morgan fingerprint density at radius 3 is 2.12 bits per heavy atom. The molecule has 0 aliphatic carbocycles. The summed E-state index contributed by atoms with van der Waals surface area (Å²) in [5, 5.41) is 26.1. The number of imidazole rings is 2. The van der Waals surface area contributed by atoms with Gasteiger partial charge in [0, 0.05) is 36.6 Å². The molecule has 2 aromatic heterocycles. The second-order valence-electron chi connectivity index (χ2n) is 7.07. The molecule has 0 aromatic carbocycles. The quantitative estimate of drug-likeness (QED) is 0.162. The van der Waals surface area contributed by atoms with E-state index in [1.165, 1.54) is 32.0 Å². The molecule has 0 aliphatic heterocycles. The first-order valence-corrected chi connectivity index (χ1v) is 9.65. The highest BCUT2D eigenvalue weighted by molar-refractivity contribution is 5.92. The fourth-order valence-corrected chi connectivity index (χ4v) is 2.73. The van der Waals surface area contributed by atoms with Crippen LogP contribution in [0.4, 0.5) is 0 Å². The Morgan fingerprint density at radius 1 is 1.03 bits per heavy atom. The number of carbonyl (C=O) groups is 4. The molecule has 0 aliphatic rings. The first kappa shape index (κ1) is 24.5. The third-order valence-corrected chi connectivity index (χ3v) is 4.43. The number of carbonyl (C=O) groups excluding carboxylic acids is 3. The van der Waals surface area contributed by atoms with Gasteiger partial charge in [0.2, 0.25) is 17.7 Å². The number of aromatic amines is 2. The molecular weight excluding hydrogens is 424 g/mol. The van der Waals surface area contributed by atoms with E-state index in [2.05, 4.69) is 35.9 Å². The highest BCUT2D eigenvalue weighted by Gasteiger charge is 2.30. The van der Waals surface area contributed by atoms with Crippen molar-refractivity contribution in [3.8, 4) is 0 Å². The molecule has 9 N–H and O–H groups in total. The highest BCUT2D eigenvalue weighted by atomic mass is 16.4. The van der Waals surface area contributed by atoms with Gasteiger partial charge in [0.15, 0.2) is 0 Å². The number of nitrogens with two attached hydrogens (primary N) is 1. The minimum absolute atomic E-state index is 0.0776. The minimum atomic E-state index is -1.44. The molecule has 0 bridgehead atoms. The van der Waals surface area contributed by atoms with Crippen LogP contribution in [0.3, 0.4) is 0 Å². The molecule has 0 saturated carbocycles. The second-order valence-corrected chi connectivity index (χ2v) is 7.07. The van der Waals surface area contributed by atoms with Crippen LogP contribution in [0.5, 0.6) is 0 Å². The summed E-state index contributed by atoms with van der Waals surface area (Å²) < 4.78 is 0. The van der Waals surface area contributed by atoms with Crippen LogP contribution in [0.25, 0.3) is 0 Å². The minimum Gasteiger partial charge on any atom is -0.480 e. The third-order valence-electron chi connectivity index (χ3n) is 4.43. The van der Waals surface area contributed by atoms with Crippen molar-refractivity contribution >= 4 is 23.7 Å². The van der Waals surface area contributed by atoms with Crippen LogP contribution in [0.2, 0.25) is 0 Å². The fraction of sp³-hybridized carbons (Fsp3) is 0.444. The van der Waals surface area contributed by atoms with Crippen molar-refractivity contribution in [3.63, 3.8) is 0 Å². The van der Waals surface area contributed by atoms with Gasteiger partial charge in [-0.15, -0.1) is 0 Å². The molecular formula is C18H26N8O6. The Balaban J connectivity index is 1.87. The van der Waals surface area contributed by atoms with Gasteiger partial charge in [-0.25, -0.2) is 14.8 Å². The summed E-state index contributed by atoms with van der Waals surface area (Å²) in [4.78, 5) is 61.3. The Bertz CT molecular complexity index is 899. The standard InChI is InChI=1S/C18H26N8O6/c1-9(27)15(17(30)25-13(18(31)32)3-11-5-21-8-24-11)26-14(28)6-22-16(29)12(19)2-10-4-20-7-23-10/h4-5,7-9,12-13,15,27H,2-3,6,19H2,1H3,(H,20,23)(H,21,24)(H,22,29)(H,25,30)(H,26,28)(H,31,32)/t9-,12+,13+,15+/m1/s1. The Morgan fingerprint density at radius 2 is 1.62 bits per heavy atom. The average Bonchev–Trinajstić information content (AvgIpc) is 3.43. The van der Waals surface area contributed by atoms with Crippen LogP contribution in [0.15, 0.2) is 25.0 Å². The van der Waals surface area contributed by atoms with Crippen molar-refractivity contribution in [2.45, 2.75) is 44.0 Å². The molecule has 0 saturated heterocycles. The maximum Gasteiger partial charge on any atom is 0.326 e. The van der Waals surface area contributed by atoms with E-state index in [1.54, 1.807) is 0 Å². The zero-order valence-electron chi connectivity index (χ0n) is 17.2. The van der Waals surface area contributed by atoms with Gasteiger partial charge in [0.05, 0.1) is 31.3 Å². The lowest BCUT2D eigenvalue weighted by atomic mass is 10.1. The van der Waals surface area contributed by atoms with Crippen LogP contribution in [0.1, 0.15) is 18.3 Å². The van der Waals surface area contributed by atoms with Gasteiger partial charge in [0.25, 0.3) is 0 Å². The fourth-order valence-electron chi connectivity index (χ4n) is 2.73. The molecule has 2 rings (SSSR count). The van der Waals surface area contributed by atoms with Gasteiger partial charge in [-0.2, -0.15) is 0 Å². The Labute approximate surface area is 182 Å². The van der Waals surface area contributed by atoms with E-state index >= 15 is 0 Å². The number of aliphatic carboxylic acids is 1. The summed E-state index contributed by atoms with van der Waals surface area (Å²) in [5.74, 6) is -3.57. The van der Waals surface area contributed by atoms with Crippen molar-refractivity contribution in [2.24, 2.45) is 5.73 Å². The molecule has 174 valence electrons. The number of nitrogens with one attached hydrogen (secondary N) is 5. The SMILES string of the molecule is C[C@@H](O)[C@H](NC(=O)CNC(=O)[C@@H](N)Cc1cnc[nH]1)C(=O)N[C@@H](Cc1cnc[nH]1)C(=O)O. The summed E-state index contributed by atoms with van der Waals surface area (Å²) >= 11 is 0. The molecule has 0 radical (unpaired) electrons. The average molecular weight is 450 g/mol. The third kappa shape index (κ3) is 7.48. The Hall–Kier alpha value is -3.78. The molecule has 0 unspecified atom stereocenters. The van der Waals surface area contributed by atoms with Crippen molar-refractivity contribution in [1.82, 2.24) is 35.9 Å². The van der Waals surface area contributed by atoms with Gasteiger partial charge in [0.1, 0.15) is 12.1 Å². The number of rotatable bonds is 12. The summed E-state index contributed by atoms with van der Waals surface area (Å²) in [5.41, 5.74) is 6.89. The lowest BCUT2D eigenvalue weighted by Gasteiger charge is -2.23. The van der Waals surface area contributed by atoms with E-state index in [9.17, 15) is 29.4 Å². The normalized spacial score (nSPS) is 14.6. The van der Waals surface area contributed by atoms with Crippen LogP contribution in [0, 0.1) is 0 Å². The highest BCUT2D eigenvalue weighted by Crippen LogP contribution is 2.02. The Kier molecular flexibility index (Phi) is 8.85. The van der Waals surface area contributed by atoms with Crippen LogP contribution < -0.4 is 21.7 Å². The van der Waals surface area contributed by atoms with Gasteiger partial charge < -0.3 is 41.9 Å². The molecule has 3 amide bonds. The number of carboxylic acid groups (broad SMARTS) is 1. The molecule has 14 heteroatoms. The predicted octanol–water partition coefficient (Wildman–Crippen LogP) is -3.20. The lowest BCUT2D eigenvalue weighted by Crippen LogP contribution is -2.57. The molecule has 0 fully saturated rings. The second kappa shape index (κ2) is 11.6. The largest absolute Gasteiger partial charge is 0.480 e. The van der Waals surface area contributed by atoms with Crippen LogP contribution in [-0.2, 0) is 32.0 Å². The van der Waals surface area contributed by atoms with E-state index in [1.807, 2.05) is 0 Å². The van der Waals surface area contributed by atoms with Gasteiger partial charge >= 0.3 is 5.97 Å². The summed E-state index contributed by atoms with van der Waals surface area (Å²) in [6.45, 7) is 0.761. The topological polar surface area (TPSA) is 228 Å². The van der Waals surface area contributed by atoms with E-state index in [-0.39, 0.29) is 12.8 Å². The first-order valence-electron chi connectivity index (χ1n) is 9.65. The van der Waals surface area contributed by atoms with Crippen molar-refractivity contribution in [3.05, 3.63) is 36.4 Å². The number of aliphatic hydroxyl groups excluding tert-OH is 1. The molecule has 0 spiro atoms. The zero-order chi connectivity index (χ0) is 23.7. The summed E-state index contributed by atoms with van der Waals surface area (Å²) in [7, 11) is 0. The van der Waals surface area contributed by atoms with Crippen molar-refractivity contribution < 1.29 is 29.4 Å². The molecule has 2 heterocycles. The number of carboxylic acids is 1. The molecule has 14 nitrogen and oxygen atoms in total. The number of hydrogen-bond donors (Lipinski definition) is 8. The summed E-state index contributed by atoms with van der Waals surface area (Å²) in [6, 6.07) is -3.69. The van der Waals surface area contributed by atoms with E-state index in [4.69, 9.17) is 5.73 Å². The van der Waals surface area contributed by atoms with Crippen molar-refractivity contribution in [2.75, 3.05) is 6.54 Å². The number of aromatic nitrogens is 4. The maximum absolute atomic E-state index is 12.5. The number of H-pyrrole nitrogens is 2. The van der Waals surface area contributed by atoms with E-state index in [0.29, 0.717) is 11.4 Å². The van der Waals surface area contributed by atoms with Gasteiger partial charge in [-0.1, -0.05) is 0 Å². The van der Waals surface area contributed by atoms with Gasteiger partial charge in [-0.3, -0.25) is 14.4 Å². The monoisotopic (exact) mass is 450 g/mol. The molecule has 32 heavy (non-hydrogen) atoms. The van der Waals surface area contributed by atoms with Crippen LogP contribution >= 0.6 is 0 Å². The lowest BCUT2D eigenvalue weighted by molar-refractivity contribution is -0.143. The summed E-state index contributed by atoms with van der Waals surface area (Å²) in [6.07, 6.45) is 4.50. The van der Waals surface area contributed by atoms with E-state index < -0.39 is 54.5 Å². The number of aliphatic hydroxyl groups is 1.